The van der Waals surface area contributed by atoms with Crippen LogP contribution in [0, 0.1) is 0 Å². The molecule has 0 aliphatic carbocycles. The van der Waals surface area contributed by atoms with Crippen molar-refractivity contribution in [2.45, 2.75) is 6.54 Å². The Kier molecular flexibility index (Phi) is 5.52. The van der Waals surface area contributed by atoms with Crippen molar-refractivity contribution in [2.24, 2.45) is 0 Å². The zero-order valence-corrected chi connectivity index (χ0v) is 16.7. The second kappa shape index (κ2) is 8.39. The van der Waals surface area contributed by atoms with Crippen LogP contribution < -0.4 is 15.4 Å². The molecule has 0 spiro atoms. The van der Waals surface area contributed by atoms with Crippen LogP contribution in [0.4, 0.5) is 11.6 Å². The Hall–Kier alpha value is -3.27. The second-order valence-electron chi connectivity index (χ2n) is 7.16. The Bertz CT molecular complexity index is 991. The van der Waals surface area contributed by atoms with E-state index in [-0.39, 0.29) is 5.56 Å². The minimum atomic E-state index is -0.100. The summed E-state index contributed by atoms with van der Waals surface area (Å²) < 4.78 is 3.16. The third-order valence-electron chi connectivity index (χ3n) is 5.01. The standard InChI is InChI=1S/C19H25N9O/c1-24(2)17-14-18(21-15-20-17)26-11-8-25(9-12-26)10-13-28-19(29)5-4-16(23-28)27-7-3-6-22-27/h3-7,14-15H,8-13H2,1-2H3. The highest BCUT2D eigenvalue weighted by molar-refractivity contribution is 5.49. The van der Waals surface area contributed by atoms with Gasteiger partial charge in [0.25, 0.3) is 5.56 Å². The Morgan fingerprint density at radius 3 is 2.59 bits per heavy atom. The normalized spacial score (nSPS) is 14.9. The first kappa shape index (κ1) is 19.1. The average molecular weight is 395 g/mol. The lowest BCUT2D eigenvalue weighted by atomic mass is 10.3. The summed E-state index contributed by atoms with van der Waals surface area (Å²) in [4.78, 5) is 27.5. The van der Waals surface area contributed by atoms with E-state index in [0.29, 0.717) is 12.4 Å². The lowest BCUT2D eigenvalue weighted by molar-refractivity contribution is 0.242. The molecule has 0 amide bonds. The topological polar surface area (TPSA) is 88.2 Å². The van der Waals surface area contributed by atoms with Gasteiger partial charge in [0.05, 0.1) is 6.54 Å². The molecule has 1 saturated heterocycles. The molecular formula is C19H25N9O. The number of nitrogens with zero attached hydrogens (tertiary/aromatic N) is 9. The monoisotopic (exact) mass is 395 g/mol. The summed E-state index contributed by atoms with van der Waals surface area (Å²) in [5.74, 6) is 2.49. The molecule has 10 heteroatoms. The fraction of sp³-hybridized carbons (Fsp3) is 0.421. The van der Waals surface area contributed by atoms with Gasteiger partial charge in [0.2, 0.25) is 0 Å². The summed E-state index contributed by atoms with van der Waals surface area (Å²) in [6, 6.07) is 7.07. The van der Waals surface area contributed by atoms with Gasteiger partial charge in [0.1, 0.15) is 18.0 Å². The maximum atomic E-state index is 12.2. The highest BCUT2D eigenvalue weighted by Crippen LogP contribution is 2.17. The Morgan fingerprint density at radius 2 is 1.86 bits per heavy atom. The molecule has 1 fully saturated rings. The number of aromatic nitrogens is 6. The number of hydrogen-bond donors (Lipinski definition) is 0. The molecule has 4 heterocycles. The zero-order chi connectivity index (χ0) is 20.2. The van der Waals surface area contributed by atoms with Crippen LogP contribution in [0.1, 0.15) is 0 Å². The highest BCUT2D eigenvalue weighted by Gasteiger charge is 2.19. The van der Waals surface area contributed by atoms with E-state index in [2.05, 4.69) is 30.0 Å². The Morgan fingerprint density at radius 1 is 1.03 bits per heavy atom. The lowest BCUT2D eigenvalue weighted by Gasteiger charge is -2.35. The summed E-state index contributed by atoms with van der Waals surface area (Å²) in [6.45, 7) is 4.92. The van der Waals surface area contributed by atoms with Crippen LogP contribution in [0.5, 0.6) is 0 Å². The van der Waals surface area contributed by atoms with Gasteiger partial charge in [0, 0.05) is 71.3 Å². The summed E-state index contributed by atoms with van der Waals surface area (Å²) in [6.07, 6.45) is 5.11. The molecule has 4 rings (SSSR count). The van der Waals surface area contributed by atoms with E-state index in [1.807, 2.05) is 37.3 Å². The SMILES string of the molecule is CN(C)c1cc(N2CCN(CCn3nc(-n4cccn4)ccc3=O)CC2)ncn1. The van der Waals surface area contributed by atoms with Gasteiger partial charge in [-0.2, -0.15) is 5.10 Å². The molecule has 1 aliphatic heterocycles. The van der Waals surface area contributed by atoms with Crippen LogP contribution in [0.25, 0.3) is 5.82 Å². The first-order valence-corrected chi connectivity index (χ1v) is 9.65. The van der Waals surface area contributed by atoms with Crippen molar-refractivity contribution in [3.63, 3.8) is 0 Å². The van der Waals surface area contributed by atoms with Crippen molar-refractivity contribution in [3.8, 4) is 5.82 Å². The minimum absolute atomic E-state index is 0.100. The smallest absolute Gasteiger partial charge is 0.266 e. The molecule has 3 aromatic heterocycles. The van der Waals surface area contributed by atoms with Crippen LogP contribution in [0.3, 0.4) is 0 Å². The minimum Gasteiger partial charge on any atom is -0.363 e. The highest BCUT2D eigenvalue weighted by atomic mass is 16.1. The first-order chi connectivity index (χ1) is 14.1. The van der Waals surface area contributed by atoms with Gasteiger partial charge in [-0.1, -0.05) is 0 Å². The van der Waals surface area contributed by atoms with Gasteiger partial charge in [-0.3, -0.25) is 9.69 Å². The fourth-order valence-corrected chi connectivity index (χ4v) is 3.32. The molecule has 152 valence electrons. The van der Waals surface area contributed by atoms with Crippen molar-refractivity contribution in [3.05, 3.63) is 53.3 Å². The van der Waals surface area contributed by atoms with Crippen molar-refractivity contribution in [1.82, 2.24) is 34.4 Å². The van der Waals surface area contributed by atoms with Crippen LogP contribution in [0.2, 0.25) is 0 Å². The number of piperazine rings is 1. The van der Waals surface area contributed by atoms with Crippen LogP contribution >= 0.6 is 0 Å². The first-order valence-electron chi connectivity index (χ1n) is 9.65. The fourth-order valence-electron chi connectivity index (χ4n) is 3.32. The Balaban J connectivity index is 1.34. The molecule has 10 nitrogen and oxygen atoms in total. The van der Waals surface area contributed by atoms with Gasteiger partial charge < -0.3 is 9.80 Å². The molecule has 0 atom stereocenters. The molecule has 0 N–H and O–H groups in total. The van der Waals surface area contributed by atoms with E-state index >= 15 is 0 Å². The van der Waals surface area contributed by atoms with Gasteiger partial charge >= 0.3 is 0 Å². The van der Waals surface area contributed by atoms with E-state index in [1.54, 1.807) is 29.3 Å². The van der Waals surface area contributed by atoms with E-state index in [4.69, 9.17) is 0 Å². The number of anilines is 2. The summed E-state index contributed by atoms with van der Waals surface area (Å²) >= 11 is 0. The van der Waals surface area contributed by atoms with Crippen molar-refractivity contribution >= 4 is 11.6 Å². The van der Waals surface area contributed by atoms with E-state index in [0.717, 1.165) is 44.4 Å². The molecule has 3 aromatic rings. The molecule has 1 aliphatic rings. The lowest BCUT2D eigenvalue weighted by Crippen LogP contribution is -2.48. The molecule has 0 bridgehead atoms. The molecular weight excluding hydrogens is 370 g/mol. The summed E-state index contributed by atoms with van der Waals surface area (Å²) in [7, 11) is 3.95. The third-order valence-corrected chi connectivity index (χ3v) is 5.01. The summed E-state index contributed by atoms with van der Waals surface area (Å²) in [5, 5.41) is 8.60. The van der Waals surface area contributed by atoms with E-state index in [9.17, 15) is 4.79 Å². The molecule has 0 aromatic carbocycles. The molecule has 0 radical (unpaired) electrons. The van der Waals surface area contributed by atoms with Crippen LogP contribution in [-0.2, 0) is 6.54 Å². The third kappa shape index (κ3) is 4.43. The summed E-state index contributed by atoms with van der Waals surface area (Å²) in [5.41, 5.74) is -0.100. The zero-order valence-electron chi connectivity index (χ0n) is 16.7. The predicted octanol–water partition coefficient (Wildman–Crippen LogP) is 0.107. The van der Waals surface area contributed by atoms with Crippen LogP contribution in [-0.4, -0.2) is 81.2 Å². The Labute approximate surface area is 169 Å². The van der Waals surface area contributed by atoms with Gasteiger partial charge in [-0.25, -0.2) is 19.3 Å². The van der Waals surface area contributed by atoms with Crippen LogP contribution in [0.15, 0.2) is 47.8 Å². The molecule has 0 unspecified atom stereocenters. The largest absolute Gasteiger partial charge is 0.363 e. The van der Waals surface area contributed by atoms with E-state index in [1.165, 1.54) is 4.68 Å². The van der Waals surface area contributed by atoms with Crippen molar-refractivity contribution in [1.29, 1.82) is 0 Å². The molecule has 0 saturated carbocycles. The maximum Gasteiger partial charge on any atom is 0.266 e. The van der Waals surface area contributed by atoms with Crippen molar-refractivity contribution < 1.29 is 0 Å². The second-order valence-corrected chi connectivity index (χ2v) is 7.16. The van der Waals surface area contributed by atoms with Gasteiger partial charge in [-0.05, 0) is 12.1 Å². The number of rotatable bonds is 6. The predicted molar refractivity (Wildman–Crippen MR) is 111 cm³/mol. The molecule has 29 heavy (non-hydrogen) atoms. The maximum absolute atomic E-state index is 12.2. The number of hydrogen-bond acceptors (Lipinski definition) is 8. The van der Waals surface area contributed by atoms with Crippen molar-refractivity contribution in [2.75, 3.05) is 56.6 Å². The van der Waals surface area contributed by atoms with E-state index < -0.39 is 0 Å². The van der Waals surface area contributed by atoms with Gasteiger partial charge in [-0.15, -0.1) is 5.10 Å². The average Bonchev–Trinajstić information content (AvgIpc) is 3.28. The quantitative estimate of drug-likeness (QED) is 0.581. The van der Waals surface area contributed by atoms with Gasteiger partial charge in [0.15, 0.2) is 5.82 Å².